The molecule has 128 valence electrons. The molecule has 0 heterocycles. The summed E-state index contributed by atoms with van der Waals surface area (Å²) in [6.07, 6.45) is 6.00. The summed E-state index contributed by atoms with van der Waals surface area (Å²) in [6, 6.07) is 8.13. The number of nitrogens with zero attached hydrogens (tertiary/aromatic N) is 1. The summed E-state index contributed by atoms with van der Waals surface area (Å²) in [5.74, 6) is -0.336. The van der Waals surface area contributed by atoms with Gasteiger partial charge in [0, 0.05) is 11.6 Å². The third-order valence-electron chi connectivity index (χ3n) is 4.60. The van der Waals surface area contributed by atoms with E-state index in [1.54, 1.807) is 0 Å². The molecule has 7 heteroatoms. The molecule has 2 saturated carbocycles. The van der Waals surface area contributed by atoms with E-state index in [-0.39, 0.29) is 16.8 Å². The zero-order valence-electron chi connectivity index (χ0n) is 13.4. The van der Waals surface area contributed by atoms with Gasteiger partial charge in [0.15, 0.2) is 0 Å². The first-order valence-electron chi connectivity index (χ1n) is 8.30. The Bertz CT molecular complexity index is 755. The first-order valence-corrected chi connectivity index (χ1v) is 9.79. The normalized spacial score (nSPS) is 20.1. The molecule has 0 aromatic heterocycles. The second kappa shape index (κ2) is 6.54. The van der Waals surface area contributed by atoms with Crippen LogP contribution >= 0.6 is 0 Å². The van der Waals surface area contributed by atoms with Crippen molar-refractivity contribution in [3.63, 3.8) is 0 Å². The lowest BCUT2D eigenvalue weighted by Crippen LogP contribution is -2.48. The molecule has 2 aliphatic carbocycles. The molecular weight excluding hydrogens is 326 g/mol. The SMILES string of the molecule is N#CC1(NC(=O)c2ccc(S(=O)(=O)NC3CC3)cc2)CCCCC1. The predicted octanol–water partition coefficient (Wildman–Crippen LogP) is 2.08. The van der Waals surface area contributed by atoms with Gasteiger partial charge in [-0.1, -0.05) is 19.3 Å². The molecule has 6 nitrogen and oxygen atoms in total. The van der Waals surface area contributed by atoms with E-state index in [1.807, 2.05) is 0 Å². The monoisotopic (exact) mass is 347 g/mol. The molecule has 2 N–H and O–H groups in total. The molecule has 24 heavy (non-hydrogen) atoms. The highest BCUT2D eigenvalue weighted by Gasteiger charge is 2.34. The largest absolute Gasteiger partial charge is 0.334 e. The average Bonchev–Trinajstić information content (AvgIpc) is 3.39. The Morgan fingerprint density at radius 1 is 1.12 bits per heavy atom. The molecule has 1 aromatic carbocycles. The third kappa shape index (κ3) is 3.77. The highest BCUT2D eigenvalue weighted by Crippen LogP contribution is 2.28. The summed E-state index contributed by atoms with van der Waals surface area (Å²) < 4.78 is 26.9. The van der Waals surface area contributed by atoms with Gasteiger partial charge in [-0.2, -0.15) is 5.26 Å². The minimum Gasteiger partial charge on any atom is -0.334 e. The van der Waals surface area contributed by atoms with E-state index in [2.05, 4.69) is 16.1 Å². The fourth-order valence-corrected chi connectivity index (χ4v) is 4.29. The lowest BCUT2D eigenvalue weighted by molar-refractivity contribution is 0.0902. The minimum absolute atomic E-state index is 0.0414. The van der Waals surface area contributed by atoms with E-state index < -0.39 is 15.6 Å². The van der Waals surface area contributed by atoms with E-state index >= 15 is 0 Å². The van der Waals surface area contributed by atoms with E-state index in [0.717, 1.165) is 32.1 Å². The van der Waals surface area contributed by atoms with Crippen molar-refractivity contribution in [1.82, 2.24) is 10.0 Å². The van der Waals surface area contributed by atoms with Crippen molar-refractivity contribution in [3.05, 3.63) is 29.8 Å². The van der Waals surface area contributed by atoms with Crippen LogP contribution in [0, 0.1) is 11.3 Å². The maximum Gasteiger partial charge on any atom is 0.252 e. The quantitative estimate of drug-likeness (QED) is 0.852. The lowest BCUT2D eigenvalue weighted by atomic mass is 9.82. The molecule has 0 spiro atoms. The third-order valence-corrected chi connectivity index (χ3v) is 6.14. The van der Waals surface area contributed by atoms with Gasteiger partial charge in [0.25, 0.3) is 5.91 Å². The maximum absolute atomic E-state index is 12.4. The minimum atomic E-state index is -3.52. The first kappa shape index (κ1) is 16.9. The summed E-state index contributed by atoms with van der Waals surface area (Å²) in [5, 5.41) is 12.3. The van der Waals surface area contributed by atoms with Gasteiger partial charge in [0.1, 0.15) is 5.54 Å². The van der Waals surface area contributed by atoms with Crippen LogP contribution in [0.1, 0.15) is 55.3 Å². The van der Waals surface area contributed by atoms with Gasteiger partial charge >= 0.3 is 0 Å². The zero-order valence-corrected chi connectivity index (χ0v) is 14.2. The van der Waals surface area contributed by atoms with Crippen LogP contribution in [-0.2, 0) is 10.0 Å². The fourth-order valence-electron chi connectivity index (χ4n) is 2.98. The Hall–Kier alpha value is -1.91. The van der Waals surface area contributed by atoms with Gasteiger partial charge in [0.05, 0.1) is 11.0 Å². The van der Waals surface area contributed by atoms with Gasteiger partial charge in [-0.05, 0) is 49.9 Å². The van der Waals surface area contributed by atoms with Crippen LogP contribution in [-0.4, -0.2) is 25.9 Å². The number of hydrogen-bond donors (Lipinski definition) is 2. The van der Waals surface area contributed by atoms with Crippen LogP contribution in [0.3, 0.4) is 0 Å². The number of carbonyl (C=O) groups excluding carboxylic acids is 1. The summed E-state index contributed by atoms with van der Waals surface area (Å²) in [7, 11) is -3.52. The Kier molecular flexibility index (Phi) is 4.61. The number of rotatable bonds is 5. The molecule has 0 saturated heterocycles. The number of carbonyl (C=O) groups is 1. The molecule has 2 fully saturated rings. The Balaban J connectivity index is 1.70. The van der Waals surface area contributed by atoms with Crippen molar-refractivity contribution in [1.29, 1.82) is 5.26 Å². The van der Waals surface area contributed by atoms with Gasteiger partial charge in [-0.15, -0.1) is 0 Å². The Labute approximate surface area is 142 Å². The Morgan fingerprint density at radius 2 is 1.75 bits per heavy atom. The topological polar surface area (TPSA) is 99.1 Å². The summed E-state index contributed by atoms with van der Waals surface area (Å²) in [6.45, 7) is 0. The molecule has 1 amide bonds. The van der Waals surface area contributed by atoms with Crippen LogP contribution < -0.4 is 10.0 Å². The van der Waals surface area contributed by atoms with E-state index in [9.17, 15) is 18.5 Å². The molecule has 1 aromatic rings. The van der Waals surface area contributed by atoms with Crippen molar-refractivity contribution in [2.75, 3.05) is 0 Å². The molecule has 3 rings (SSSR count). The molecule has 0 bridgehead atoms. The second-order valence-electron chi connectivity index (χ2n) is 6.63. The number of hydrogen-bond acceptors (Lipinski definition) is 4. The zero-order chi connectivity index (χ0) is 17.2. The van der Waals surface area contributed by atoms with E-state index in [1.165, 1.54) is 24.3 Å². The van der Waals surface area contributed by atoms with Crippen LogP contribution in [0.5, 0.6) is 0 Å². The smallest absolute Gasteiger partial charge is 0.252 e. The molecule has 0 aliphatic heterocycles. The number of nitriles is 1. The summed E-state index contributed by atoms with van der Waals surface area (Å²) in [4.78, 5) is 12.5. The number of amides is 1. The number of nitrogens with one attached hydrogen (secondary N) is 2. The number of benzene rings is 1. The molecule has 0 radical (unpaired) electrons. The summed E-state index contributed by atoms with van der Waals surface area (Å²) >= 11 is 0. The highest BCUT2D eigenvalue weighted by molar-refractivity contribution is 7.89. The molecule has 2 aliphatic rings. The van der Waals surface area contributed by atoms with Crippen LogP contribution in [0.15, 0.2) is 29.2 Å². The second-order valence-corrected chi connectivity index (χ2v) is 8.34. The van der Waals surface area contributed by atoms with Crippen molar-refractivity contribution < 1.29 is 13.2 Å². The standard InChI is InChI=1S/C17H21N3O3S/c18-12-17(10-2-1-3-11-17)19-16(21)13-4-8-15(9-5-13)24(22,23)20-14-6-7-14/h4-5,8-9,14,20H,1-3,6-7,10-11H2,(H,19,21). The molecule has 0 atom stereocenters. The first-order chi connectivity index (χ1) is 11.4. The highest BCUT2D eigenvalue weighted by atomic mass is 32.2. The van der Waals surface area contributed by atoms with Gasteiger partial charge in [0.2, 0.25) is 10.0 Å². The summed E-state index contributed by atoms with van der Waals surface area (Å²) in [5.41, 5.74) is -0.436. The van der Waals surface area contributed by atoms with Crippen LogP contribution in [0.2, 0.25) is 0 Å². The van der Waals surface area contributed by atoms with Crippen molar-refractivity contribution in [2.45, 2.75) is 61.4 Å². The molecule has 0 unspecified atom stereocenters. The average molecular weight is 347 g/mol. The lowest BCUT2D eigenvalue weighted by Gasteiger charge is -2.31. The number of sulfonamides is 1. The van der Waals surface area contributed by atoms with Crippen molar-refractivity contribution in [2.24, 2.45) is 0 Å². The predicted molar refractivity (Wildman–Crippen MR) is 88.7 cm³/mol. The van der Waals surface area contributed by atoms with Gasteiger partial charge < -0.3 is 5.32 Å². The van der Waals surface area contributed by atoms with Crippen molar-refractivity contribution >= 4 is 15.9 Å². The van der Waals surface area contributed by atoms with Gasteiger partial charge in [-0.25, -0.2) is 13.1 Å². The fraction of sp³-hybridized carbons (Fsp3) is 0.529. The van der Waals surface area contributed by atoms with Crippen LogP contribution in [0.4, 0.5) is 0 Å². The molecular formula is C17H21N3O3S. The van der Waals surface area contributed by atoms with E-state index in [0.29, 0.717) is 18.4 Å². The Morgan fingerprint density at radius 3 is 2.29 bits per heavy atom. The van der Waals surface area contributed by atoms with Crippen molar-refractivity contribution in [3.8, 4) is 6.07 Å². The van der Waals surface area contributed by atoms with E-state index in [4.69, 9.17) is 0 Å². The maximum atomic E-state index is 12.4. The van der Waals surface area contributed by atoms with Crippen LogP contribution in [0.25, 0.3) is 0 Å². The van der Waals surface area contributed by atoms with Gasteiger partial charge in [-0.3, -0.25) is 4.79 Å².